The molecule has 134 valence electrons. The molecule has 1 saturated heterocycles. The van der Waals surface area contributed by atoms with Crippen LogP contribution >= 0.6 is 0 Å². The van der Waals surface area contributed by atoms with Crippen molar-refractivity contribution in [3.05, 3.63) is 53.6 Å². The number of rotatable bonds is 4. The molecule has 2 aliphatic heterocycles. The molecule has 7 heteroatoms. The lowest BCUT2D eigenvalue weighted by atomic mass is 10.2. The van der Waals surface area contributed by atoms with Crippen molar-refractivity contribution in [3.8, 4) is 11.5 Å². The second-order valence-electron chi connectivity index (χ2n) is 5.96. The predicted octanol–water partition coefficient (Wildman–Crippen LogP) is 2.02. The maximum Gasteiger partial charge on any atom is 0.271 e. The third kappa shape index (κ3) is 3.62. The van der Waals surface area contributed by atoms with E-state index in [9.17, 15) is 4.79 Å². The molecular formula is C19H19N3O4. The highest BCUT2D eigenvalue weighted by Crippen LogP contribution is 2.32. The van der Waals surface area contributed by atoms with Gasteiger partial charge in [0.2, 0.25) is 6.79 Å². The molecule has 0 unspecified atom stereocenters. The number of hydrogen-bond donors (Lipinski definition) is 1. The predicted molar refractivity (Wildman–Crippen MR) is 97.1 cm³/mol. The first-order valence-electron chi connectivity index (χ1n) is 8.45. The van der Waals surface area contributed by atoms with E-state index in [0.29, 0.717) is 17.1 Å². The van der Waals surface area contributed by atoms with Crippen LogP contribution in [0.5, 0.6) is 11.5 Å². The van der Waals surface area contributed by atoms with Crippen molar-refractivity contribution < 1.29 is 19.0 Å². The largest absolute Gasteiger partial charge is 0.454 e. The van der Waals surface area contributed by atoms with Crippen LogP contribution in [0, 0.1) is 0 Å². The van der Waals surface area contributed by atoms with Crippen molar-refractivity contribution in [2.45, 2.75) is 0 Å². The van der Waals surface area contributed by atoms with Gasteiger partial charge in [-0.15, -0.1) is 0 Å². The van der Waals surface area contributed by atoms with Crippen molar-refractivity contribution in [3.63, 3.8) is 0 Å². The van der Waals surface area contributed by atoms with Gasteiger partial charge in [-0.05, 0) is 35.9 Å². The summed E-state index contributed by atoms with van der Waals surface area (Å²) in [7, 11) is 0. The highest BCUT2D eigenvalue weighted by Gasteiger charge is 2.16. The van der Waals surface area contributed by atoms with E-state index in [1.165, 1.54) is 0 Å². The van der Waals surface area contributed by atoms with Crippen LogP contribution in [0.3, 0.4) is 0 Å². The highest BCUT2D eigenvalue weighted by molar-refractivity contribution is 5.95. The maximum atomic E-state index is 12.2. The number of morpholine rings is 1. The molecule has 0 radical (unpaired) electrons. The van der Waals surface area contributed by atoms with Gasteiger partial charge in [0, 0.05) is 24.3 Å². The summed E-state index contributed by atoms with van der Waals surface area (Å²) in [5, 5.41) is 4.02. The molecule has 1 fully saturated rings. The Kier molecular flexibility index (Phi) is 4.70. The van der Waals surface area contributed by atoms with Crippen LogP contribution in [0.4, 0.5) is 5.69 Å². The second kappa shape index (κ2) is 7.45. The Morgan fingerprint density at radius 1 is 1.04 bits per heavy atom. The summed E-state index contributed by atoms with van der Waals surface area (Å²) in [6.07, 6.45) is 1.62. The van der Waals surface area contributed by atoms with Crippen LogP contribution in [-0.2, 0) is 4.74 Å². The standard InChI is InChI=1S/C19H19N3O4/c23-19(15-3-6-17-18(11-15)26-13-25-17)21-20-12-14-1-4-16(5-2-14)22-7-9-24-10-8-22/h1-6,11-12H,7-10,13H2,(H,21,23)/b20-12-. The first-order chi connectivity index (χ1) is 12.8. The van der Waals surface area contributed by atoms with E-state index in [1.54, 1.807) is 24.4 Å². The normalized spacial score (nSPS) is 16.1. The molecule has 0 aromatic heterocycles. The van der Waals surface area contributed by atoms with Crippen molar-refractivity contribution in [1.29, 1.82) is 0 Å². The van der Waals surface area contributed by atoms with Crippen LogP contribution in [0.2, 0.25) is 0 Å². The molecule has 0 bridgehead atoms. The van der Waals surface area contributed by atoms with E-state index in [0.717, 1.165) is 37.6 Å². The topological polar surface area (TPSA) is 72.4 Å². The first kappa shape index (κ1) is 16.4. The molecule has 2 aromatic rings. The monoisotopic (exact) mass is 353 g/mol. The van der Waals surface area contributed by atoms with E-state index in [2.05, 4.69) is 15.4 Å². The Hall–Kier alpha value is -3.06. The van der Waals surface area contributed by atoms with E-state index >= 15 is 0 Å². The number of hydrogen-bond acceptors (Lipinski definition) is 6. The minimum absolute atomic E-state index is 0.180. The van der Waals surface area contributed by atoms with Gasteiger partial charge in [0.25, 0.3) is 5.91 Å². The fourth-order valence-electron chi connectivity index (χ4n) is 2.86. The summed E-state index contributed by atoms with van der Waals surface area (Å²) in [4.78, 5) is 14.4. The van der Waals surface area contributed by atoms with Crippen LogP contribution in [-0.4, -0.2) is 45.2 Å². The number of anilines is 1. The summed E-state index contributed by atoms with van der Waals surface area (Å²) < 4.78 is 15.9. The number of nitrogens with zero attached hydrogens (tertiary/aromatic N) is 2. The average molecular weight is 353 g/mol. The number of ether oxygens (including phenoxy) is 3. The van der Waals surface area contributed by atoms with Crippen molar-refractivity contribution in [2.24, 2.45) is 5.10 Å². The van der Waals surface area contributed by atoms with Crippen LogP contribution in [0.1, 0.15) is 15.9 Å². The minimum atomic E-state index is -0.301. The molecule has 0 spiro atoms. The fourth-order valence-corrected chi connectivity index (χ4v) is 2.86. The van der Waals surface area contributed by atoms with E-state index in [4.69, 9.17) is 14.2 Å². The molecule has 1 amide bonds. The van der Waals surface area contributed by atoms with Gasteiger partial charge in [0.1, 0.15) is 0 Å². The highest BCUT2D eigenvalue weighted by atomic mass is 16.7. The summed E-state index contributed by atoms with van der Waals surface area (Å²) in [5.41, 5.74) is 5.06. The third-order valence-electron chi connectivity index (χ3n) is 4.28. The Labute approximate surface area is 151 Å². The number of nitrogens with one attached hydrogen (secondary N) is 1. The Balaban J connectivity index is 1.35. The first-order valence-corrected chi connectivity index (χ1v) is 8.45. The van der Waals surface area contributed by atoms with Gasteiger partial charge in [-0.1, -0.05) is 12.1 Å². The lowest BCUT2D eigenvalue weighted by Gasteiger charge is -2.28. The van der Waals surface area contributed by atoms with Gasteiger partial charge >= 0.3 is 0 Å². The van der Waals surface area contributed by atoms with Gasteiger partial charge in [0.05, 0.1) is 19.4 Å². The lowest BCUT2D eigenvalue weighted by molar-refractivity contribution is 0.0954. The number of fused-ring (bicyclic) bond motifs is 1. The van der Waals surface area contributed by atoms with Gasteiger partial charge < -0.3 is 19.1 Å². The zero-order valence-corrected chi connectivity index (χ0v) is 14.2. The van der Waals surface area contributed by atoms with E-state index < -0.39 is 0 Å². The molecule has 2 aromatic carbocycles. The van der Waals surface area contributed by atoms with Gasteiger partial charge in [-0.3, -0.25) is 4.79 Å². The smallest absolute Gasteiger partial charge is 0.271 e. The Morgan fingerprint density at radius 2 is 1.81 bits per heavy atom. The van der Waals surface area contributed by atoms with E-state index in [-0.39, 0.29) is 12.7 Å². The number of carbonyl (C=O) groups is 1. The molecule has 0 aliphatic carbocycles. The third-order valence-corrected chi connectivity index (χ3v) is 4.28. The second-order valence-corrected chi connectivity index (χ2v) is 5.96. The molecule has 2 aliphatic rings. The number of hydrazone groups is 1. The van der Waals surface area contributed by atoms with Crippen molar-refractivity contribution in [1.82, 2.24) is 5.43 Å². The molecule has 7 nitrogen and oxygen atoms in total. The van der Waals surface area contributed by atoms with Gasteiger partial charge in [-0.2, -0.15) is 5.10 Å². The zero-order valence-electron chi connectivity index (χ0n) is 14.2. The van der Waals surface area contributed by atoms with Crippen molar-refractivity contribution >= 4 is 17.8 Å². The Bertz CT molecular complexity index is 814. The molecular weight excluding hydrogens is 334 g/mol. The van der Waals surface area contributed by atoms with Crippen LogP contribution in [0.15, 0.2) is 47.6 Å². The number of benzene rings is 2. The van der Waals surface area contributed by atoms with Crippen LogP contribution in [0.25, 0.3) is 0 Å². The molecule has 0 atom stereocenters. The molecule has 0 saturated carbocycles. The quantitative estimate of drug-likeness (QED) is 0.672. The summed E-state index contributed by atoms with van der Waals surface area (Å²) in [6, 6.07) is 13.1. The minimum Gasteiger partial charge on any atom is -0.454 e. The summed E-state index contributed by atoms with van der Waals surface area (Å²) in [5.74, 6) is 0.912. The maximum absolute atomic E-state index is 12.2. The van der Waals surface area contributed by atoms with Gasteiger partial charge in [-0.25, -0.2) is 5.43 Å². The molecule has 26 heavy (non-hydrogen) atoms. The summed E-state index contributed by atoms with van der Waals surface area (Å²) in [6.45, 7) is 3.50. The number of carbonyl (C=O) groups excluding carboxylic acids is 1. The zero-order chi connectivity index (χ0) is 17.8. The average Bonchev–Trinajstić information content (AvgIpc) is 3.17. The molecule has 1 N–H and O–H groups in total. The molecule has 4 rings (SSSR count). The number of amides is 1. The SMILES string of the molecule is O=C(N/N=C\c1ccc(N2CCOCC2)cc1)c1ccc2c(c1)OCO2. The van der Waals surface area contributed by atoms with E-state index in [1.807, 2.05) is 24.3 Å². The van der Waals surface area contributed by atoms with Gasteiger partial charge in [0.15, 0.2) is 11.5 Å². The van der Waals surface area contributed by atoms with Crippen LogP contribution < -0.4 is 19.8 Å². The summed E-state index contributed by atoms with van der Waals surface area (Å²) >= 11 is 0. The van der Waals surface area contributed by atoms with Crippen molar-refractivity contribution in [2.75, 3.05) is 38.0 Å². The fraction of sp³-hybridized carbons (Fsp3) is 0.263. The Morgan fingerprint density at radius 3 is 2.62 bits per heavy atom. The molecule has 2 heterocycles. The lowest BCUT2D eigenvalue weighted by Crippen LogP contribution is -2.36.